The molecule has 18 heavy (non-hydrogen) atoms. The Labute approximate surface area is 111 Å². The van der Waals surface area contributed by atoms with Gasteiger partial charge in [0.1, 0.15) is 5.75 Å². The molecule has 1 saturated heterocycles. The summed E-state index contributed by atoms with van der Waals surface area (Å²) >= 11 is 6.03. The number of hydrogen-bond donors (Lipinski definition) is 0. The van der Waals surface area contributed by atoms with Crippen LogP contribution in [0.25, 0.3) is 0 Å². The van der Waals surface area contributed by atoms with E-state index in [1.807, 2.05) is 11.0 Å². The Hall–Kier alpha value is -1.26. The predicted octanol–water partition coefficient (Wildman–Crippen LogP) is 1.75. The van der Waals surface area contributed by atoms with Gasteiger partial charge in [0.25, 0.3) is 0 Å². The summed E-state index contributed by atoms with van der Waals surface area (Å²) in [5.74, 6) is 0.735. The van der Waals surface area contributed by atoms with E-state index in [4.69, 9.17) is 21.1 Å². The zero-order valence-electron chi connectivity index (χ0n) is 10.3. The predicted molar refractivity (Wildman–Crippen MR) is 69.1 cm³/mol. The highest BCUT2D eigenvalue weighted by Gasteiger charge is 2.17. The fourth-order valence-corrected chi connectivity index (χ4v) is 2.20. The van der Waals surface area contributed by atoms with E-state index in [1.165, 1.54) is 0 Å². The van der Waals surface area contributed by atoms with Crippen LogP contribution in [0.4, 0.5) is 0 Å². The van der Waals surface area contributed by atoms with E-state index in [9.17, 15) is 4.79 Å². The number of benzene rings is 1. The van der Waals surface area contributed by atoms with E-state index in [0.29, 0.717) is 43.5 Å². The van der Waals surface area contributed by atoms with Gasteiger partial charge in [-0.1, -0.05) is 17.7 Å². The van der Waals surface area contributed by atoms with E-state index in [1.54, 1.807) is 19.2 Å². The molecule has 1 fully saturated rings. The monoisotopic (exact) mass is 269 g/mol. The average molecular weight is 270 g/mol. The van der Waals surface area contributed by atoms with Gasteiger partial charge in [-0.3, -0.25) is 4.79 Å². The zero-order valence-corrected chi connectivity index (χ0v) is 11.1. The number of hydrogen-bond acceptors (Lipinski definition) is 3. The highest BCUT2D eigenvalue weighted by molar-refractivity contribution is 6.32. The number of nitrogens with zero attached hydrogens (tertiary/aromatic N) is 1. The van der Waals surface area contributed by atoms with Gasteiger partial charge in [-0.2, -0.15) is 0 Å². The molecule has 1 aromatic carbocycles. The quantitative estimate of drug-likeness (QED) is 0.839. The lowest BCUT2D eigenvalue weighted by Crippen LogP contribution is -2.41. The minimum absolute atomic E-state index is 0.111. The van der Waals surface area contributed by atoms with Crippen molar-refractivity contribution in [3.05, 3.63) is 28.8 Å². The Kier molecular flexibility index (Phi) is 4.44. The minimum Gasteiger partial charge on any atom is -0.495 e. The number of morpholine rings is 1. The average Bonchev–Trinajstić information content (AvgIpc) is 2.40. The summed E-state index contributed by atoms with van der Waals surface area (Å²) in [5, 5.41) is 0.532. The topological polar surface area (TPSA) is 38.8 Å². The smallest absolute Gasteiger partial charge is 0.227 e. The normalized spacial score (nSPS) is 15.6. The number of amides is 1. The maximum Gasteiger partial charge on any atom is 0.227 e. The Morgan fingerprint density at radius 1 is 1.44 bits per heavy atom. The molecule has 1 aliphatic rings. The van der Waals surface area contributed by atoms with Crippen LogP contribution in [0.5, 0.6) is 5.75 Å². The van der Waals surface area contributed by atoms with Crippen molar-refractivity contribution >= 4 is 17.5 Å². The van der Waals surface area contributed by atoms with E-state index >= 15 is 0 Å². The summed E-state index contributed by atoms with van der Waals surface area (Å²) in [6, 6.07) is 5.42. The lowest BCUT2D eigenvalue weighted by Gasteiger charge is -2.26. The Balaban J connectivity index is 2.00. The van der Waals surface area contributed by atoms with Crippen LogP contribution in [-0.4, -0.2) is 44.2 Å². The first kappa shape index (κ1) is 13.2. The van der Waals surface area contributed by atoms with E-state index in [-0.39, 0.29) is 5.91 Å². The van der Waals surface area contributed by atoms with Crippen molar-refractivity contribution in [1.29, 1.82) is 0 Å². The van der Waals surface area contributed by atoms with Crippen LogP contribution in [0.2, 0.25) is 5.02 Å². The molecular weight excluding hydrogens is 254 g/mol. The van der Waals surface area contributed by atoms with Crippen LogP contribution in [0.1, 0.15) is 5.56 Å². The first-order valence-electron chi connectivity index (χ1n) is 5.88. The second-order valence-electron chi connectivity index (χ2n) is 4.14. The highest BCUT2D eigenvalue weighted by atomic mass is 35.5. The minimum atomic E-state index is 0.111. The molecule has 1 aromatic rings. The zero-order chi connectivity index (χ0) is 13.0. The Morgan fingerprint density at radius 3 is 2.78 bits per heavy atom. The van der Waals surface area contributed by atoms with Crippen molar-refractivity contribution in [1.82, 2.24) is 4.90 Å². The Bertz CT molecular complexity index is 430. The molecule has 1 aliphatic heterocycles. The number of halogens is 1. The van der Waals surface area contributed by atoms with Gasteiger partial charge in [-0.05, 0) is 17.7 Å². The summed E-state index contributed by atoms with van der Waals surface area (Å²) in [6.45, 7) is 2.58. The van der Waals surface area contributed by atoms with Crippen molar-refractivity contribution in [2.45, 2.75) is 6.42 Å². The van der Waals surface area contributed by atoms with Crippen LogP contribution in [0, 0.1) is 0 Å². The molecule has 1 heterocycles. The molecule has 4 nitrogen and oxygen atoms in total. The summed E-state index contributed by atoms with van der Waals surface area (Å²) in [5.41, 5.74) is 0.900. The van der Waals surface area contributed by atoms with Crippen LogP contribution in [-0.2, 0) is 16.0 Å². The van der Waals surface area contributed by atoms with Gasteiger partial charge in [0.05, 0.1) is 31.8 Å². The van der Waals surface area contributed by atoms with Crippen LogP contribution >= 0.6 is 11.6 Å². The van der Waals surface area contributed by atoms with Crippen molar-refractivity contribution < 1.29 is 14.3 Å². The SMILES string of the molecule is COc1ccc(CC(=O)N2CCOCC2)cc1Cl. The molecule has 0 bridgehead atoms. The van der Waals surface area contributed by atoms with Crippen LogP contribution in [0.3, 0.4) is 0 Å². The molecule has 0 aliphatic carbocycles. The molecule has 0 radical (unpaired) electrons. The van der Waals surface area contributed by atoms with Crippen molar-refractivity contribution in [3.8, 4) is 5.75 Å². The third kappa shape index (κ3) is 3.15. The van der Waals surface area contributed by atoms with Gasteiger partial charge in [-0.25, -0.2) is 0 Å². The number of ether oxygens (including phenoxy) is 2. The standard InChI is InChI=1S/C13H16ClNO3/c1-17-12-3-2-10(8-11(12)14)9-13(16)15-4-6-18-7-5-15/h2-3,8H,4-7,9H2,1H3. The summed E-state index contributed by atoms with van der Waals surface area (Å²) < 4.78 is 10.3. The van der Waals surface area contributed by atoms with Crippen LogP contribution < -0.4 is 4.74 Å². The molecule has 0 saturated carbocycles. The fraction of sp³-hybridized carbons (Fsp3) is 0.462. The number of rotatable bonds is 3. The maximum absolute atomic E-state index is 12.0. The lowest BCUT2D eigenvalue weighted by molar-refractivity contribution is -0.134. The highest BCUT2D eigenvalue weighted by Crippen LogP contribution is 2.25. The number of carbonyl (C=O) groups excluding carboxylic acids is 1. The van der Waals surface area contributed by atoms with E-state index < -0.39 is 0 Å². The molecule has 1 amide bonds. The first-order chi connectivity index (χ1) is 8.70. The van der Waals surface area contributed by atoms with Gasteiger partial charge in [0, 0.05) is 13.1 Å². The number of methoxy groups -OCH3 is 1. The molecule has 0 atom stereocenters. The number of carbonyl (C=O) groups is 1. The third-order valence-electron chi connectivity index (χ3n) is 2.94. The van der Waals surface area contributed by atoms with Gasteiger partial charge in [0.2, 0.25) is 5.91 Å². The molecule has 0 unspecified atom stereocenters. The molecular formula is C13H16ClNO3. The summed E-state index contributed by atoms with van der Waals surface area (Å²) in [4.78, 5) is 13.9. The van der Waals surface area contributed by atoms with Crippen molar-refractivity contribution in [2.75, 3.05) is 33.4 Å². The van der Waals surface area contributed by atoms with Gasteiger partial charge in [0.15, 0.2) is 0 Å². The Morgan fingerprint density at radius 2 is 2.17 bits per heavy atom. The maximum atomic E-state index is 12.0. The van der Waals surface area contributed by atoms with Gasteiger partial charge in [-0.15, -0.1) is 0 Å². The molecule has 2 rings (SSSR count). The van der Waals surface area contributed by atoms with Gasteiger partial charge >= 0.3 is 0 Å². The largest absolute Gasteiger partial charge is 0.495 e. The summed E-state index contributed by atoms with van der Waals surface area (Å²) in [6.07, 6.45) is 0.365. The first-order valence-corrected chi connectivity index (χ1v) is 6.26. The van der Waals surface area contributed by atoms with Crippen LogP contribution in [0.15, 0.2) is 18.2 Å². The second kappa shape index (κ2) is 6.07. The van der Waals surface area contributed by atoms with E-state index in [2.05, 4.69) is 0 Å². The lowest BCUT2D eigenvalue weighted by atomic mass is 10.1. The second-order valence-corrected chi connectivity index (χ2v) is 4.55. The van der Waals surface area contributed by atoms with Crippen molar-refractivity contribution in [3.63, 3.8) is 0 Å². The molecule has 0 N–H and O–H groups in total. The fourth-order valence-electron chi connectivity index (χ4n) is 1.92. The molecule has 98 valence electrons. The van der Waals surface area contributed by atoms with Gasteiger partial charge < -0.3 is 14.4 Å². The molecule has 0 spiro atoms. The van der Waals surface area contributed by atoms with E-state index in [0.717, 1.165) is 5.56 Å². The summed E-state index contributed by atoms with van der Waals surface area (Å²) in [7, 11) is 1.57. The third-order valence-corrected chi connectivity index (χ3v) is 3.23. The van der Waals surface area contributed by atoms with Crippen molar-refractivity contribution in [2.24, 2.45) is 0 Å². The molecule has 0 aromatic heterocycles. The molecule has 5 heteroatoms.